The lowest BCUT2D eigenvalue weighted by molar-refractivity contribution is -0.156. The minimum atomic E-state index is -0.325. The SMILES string of the molecule is CCCCCCOCC(COCCCCCC)OC(=O)CCCCCCCN(CCC=O)CCCCCCCC=O. The Balaban J connectivity index is 4.11. The standard InChI is InChI=1S/C34H65NO6/c1-3-5-7-20-29-39-31-33(32-40-30-21-8-6-4-2)41-34(38)23-16-12-11-14-18-25-35(26-22-28-37)24-17-13-9-10-15-19-27-36/h27-28,33H,3-26,29-32H2,1-2H3. The molecule has 0 N–H and O–H groups in total. The Morgan fingerprint density at radius 1 is 0.585 bits per heavy atom. The van der Waals surface area contributed by atoms with Gasteiger partial charge in [-0.25, -0.2) is 0 Å². The Bertz CT molecular complexity index is 557. The fourth-order valence-electron chi connectivity index (χ4n) is 4.85. The maximum absolute atomic E-state index is 12.5. The normalized spacial score (nSPS) is 11.4. The third kappa shape index (κ3) is 30.0. The van der Waals surface area contributed by atoms with E-state index in [0.29, 0.717) is 45.7 Å². The molecule has 0 aromatic rings. The van der Waals surface area contributed by atoms with Crippen molar-refractivity contribution in [2.75, 3.05) is 46.1 Å². The van der Waals surface area contributed by atoms with E-state index in [1.807, 2.05) is 0 Å². The first-order chi connectivity index (χ1) is 20.2. The summed E-state index contributed by atoms with van der Waals surface area (Å²) >= 11 is 0. The van der Waals surface area contributed by atoms with Crippen LogP contribution in [0.25, 0.3) is 0 Å². The average molecular weight is 584 g/mol. The van der Waals surface area contributed by atoms with Crippen LogP contribution >= 0.6 is 0 Å². The van der Waals surface area contributed by atoms with Crippen LogP contribution in [0.4, 0.5) is 0 Å². The van der Waals surface area contributed by atoms with Crippen molar-refractivity contribution >= 4 is 18.5 Å². The summed E-state index contributed by atoms with van der Waals surface area (Å²) in [6, 6.07) is 0. The molecule has 7 heteroatoms. The predicted octanol–water partition coefficient (Wildman–Crippen LogP) is 7.86. The second kappa shape index (κ2) is 33.2. The number of aldehydes is 2. The molecule has 0 aliphatic heterocycles. The summed E-state index contributed by atoms with van der Waals surface area (Å²) < 4.78 is 17.4. The second-order valence-corrected chi connectivity index (χ2v) is 11.4. The maximum Gasteiger partial charge on any atom is 0.306 e. The maximum atomic E-state index is 12.5. The van der Waals surface area contributed by atoms with Crippen molar-refractivity contribution < 1.29 is 28.6 Å². The number of hydrogen-bond acceptors (Lipinski definition) is 7. The van der Waals surface area contributed by atoms with Crippen LogP contribution in [-0.4, -0.2) is 75.6 Å². The molecule has 0 bridgehead atoms. The molecule has 0 saturated heterocycles. The van der Waals surface area contributed by atoms with Crippen LogP contribution in [0.3, 0.4) is 0 Å². The summed E-state index contributed by atoms with van der Waals surface area (Å²) in [6.07, 6.45) is 23.6. The largest absolute Gasteiger partial charge is 0.457 e. The number of esters is 1. The van der Waals surface area contributed by atoms with E-state index < -0.39 is 0 Å². The zero-order valence-corrected chi connectivity index (χ0v) is 26.9. The minimum Gasteiger partial charge on any atom is -0.457 e. The monoisotopic (exact) mass is 583 g/mol. The molecule has 0 unspecified atom stereocenters. The van der Waals surface area contributed by atoms with Crippen LogP contribution < -0.4 is 0 Å². The molecule has 0 rings (SSSR count). The van der Waals surface area contributed by atoms with Gasteiger partial charge >= 0.3 is 5.97 Å². The highest BCUT2D eigenvalue weighted by Crippen LogP contribution is 2.11. The summed E-state index contributed by atoms with van der Waals surface area (Å²) in [6.45, 7) is 9.54. The van der Waals surface area contributed by atoms with Gasteiger partial charge in [-0.1, -0.05) is 90.9 Å². The van der Waals surface area contributed by atoms with Crippen LogP contribution in [0.2, 0.25) is 0 Å². The third-order valence-electron chi connectivity index (χ3n) is 7.40. The minimum absolute atomic E-state index is 0.148. The zero-order valence-electron chi connectivity index (χ0n) is 26.9. The molecular formula is C34H65NO6. The Labute approximate surface area is 252 Å². The Hall–Kier alpha value is -1.31. The summed E-state index contributed by atoms with van der Waals surface area (Å²) in [5.41, 5.74) is 0. The number of hydrogen-bond donors (Lipinski definition) is 0. The first-order valence-electron chi connectivity index (χ1n) is 17.1. The van der Waals surface area contributed by atoms with E-state index in [1.54, 1.807) is 0 Å². The van der Waals surface area contributed by atoms with Crippen LogP contribution in [0, 0.1) is 0 Å². The van der Waals surface area contributed by atoms with Crippen molar-refractivity contribution in [3.63, 3.8) is 0 Å². The molecule has 0 atom stereocenters. The number of carbonyl (C=O) groups excluding carboxylic acids is 3. The lowest BCUT2D eigenvalue weighted by Gasteiger charge is -2.21. The zero-order chi connectivity index (χ0) is 30.1. The molecule has 0 saturated carbocycles. The number of nitrogens with zero attached hydrogens (tertiary/aromatic N) is 1. The van der Waals surface area contributed by atoms with Crippen molar-refractivity contribution in [3.05, 3.63) is 0 Å². The molecule has 0 aliphatic carbocycles. The van der Waals surface area contributed by atoms with E-state index in [1.165, 1.54) is 51.4 Å². The first-order valence-corrected chi connectivity index (χ1v) is 17.1. The molecular weight excluding hydrogens is 518 g/mol. The fourth-order valence-corrected chi connectivity index (χ4v) is 4.85. The van der Waals surface area contributed by atoms with E-state index in [2.05, 4.69) is 18.7 Å². The number of carbonyl (C=O) groups is 3. The Morgan fingerprint density at radius 3 is 1.61 bits per heavy atom. The third-order valence-corrected chi connectivity index (χ3v) is 7.40. The quantitative estimate of drug-likeness (QED) is 0.0433. The molecule has 0 aliphatic rings. The van der Waals surface area contributed by atoms with E-state index in [0.717, 1.165) is 96.4 Å². The molecule has 0 radical (unpaired) electrons. The highest BCUT2D eigenvalue weighted by molar-refractivity contribution is 5.69. The summed E-state index contributed by atoms with van der Waals surface area (Å²) in [5.74, 6) is -0.148. The Kier molecular flexibility index (Phi) is 32.1. The lowest BCUT2D eigenvalue weighted by atomic mass is 10.1. The van der Waals surface area contributed by atoms with Crippen molar-refractivity contribution in [1.29, 1.82) is 0 Å². The summed E-state index contributed by atoms with van der Waals surface area (Å²) in [4.78, 5) is 36.2. The van der Waals surface area contributed by atoms with Crippen molar-refractivity contribution in [1.82, 2.24) is 4.90 Å². The highest BCUT2D eigenvalue weighted by Gasteiger charge is 2.15. The van der Waals surface area contributed by atoms with Crippen LogP contribution in [0.15, 0.2) is 0 Å². The van der Waals surface area contributed by atoms with E-state index >= 15 is 0 Å². The fraction of sp³-hybridized carbons (Fsp3) is 0.912. The van der Waals surface area contributed by atoms with Gasteiger partial charge in [-0.15, -0.1) is 0 Å². The topological polar surface area (TPSA) is 82.1 Å². The van der Waals surface area contributed by atoms with Crippen LogP contribution in [0.5, 0.6) is 0 Å². The molecule has 0 spiro atoms. The summed E-state index contributed by atoms with van der Waals surface area (Å²) in [7, 11) is 0. The molecule has 242 valence electrons. The van der Waals surface area contributed by atoms with Crippen molar-refractivity contribution in [2.24, 2.45) is 0 Å². The van der Waals surface area contributed by atoms with Gasteiger partial charge in [0.05, 0.1) is 13.2 Å². The van der Waals surface area contributed by atoms with Gasteiger partial charge in [-0.3, -0.25) is 4.79 Å². The number of rotatable bonds is 34. The van der Waals surface area contributed by atoms with Crippen molar-refractivity contribution in [3.8, 4) is 0 Å². The van der Waals surface area contributed by atoms with E-state index in [-0.39, 0.29) is 12.1 Å². The molecule has 0 fully saturated rings. The molecule has 7 nitrogen and oxygen atoms in total. The average Bonchev–Trinajstić information content (AvgIpc) is 2.97. The molecule has 0 heterocycles. The Morgan fingerprint density at radius 2 is 1.07 bits per heavy atom. The van der Waals surface area contributed by atoms with E-state index in [4.69, 9.17) is 14.2 Å². The van der Waals surface area contributed by atoms with Gasteiger partial charge in [0.15, 0.2) is 0 Å². The van der Waals surface area contributed by atoms with Crippen LogP contribution in [-0.2, 0) is 28.6 Å². The number of ether oxygens (including phenoxy) is 3. The van der Waals surface area contributed by atoms with Gasteiger partial charge in [-0.2, -0.15) is 0 Å². The van der Waals surface area contributed by atoms with Gasteiger partial charge in [-0.05, 0) is 51.6 Å². The molecule has 0 aromatic carbocycles. The summed E-state index contributed by atoms with van der Waals surface area (Å²) in [5, 5.41) is 0. The van der Waals surface area contributed by atoms with Gasteiger partial charge in [0.2, 0.25) is 0 Å². The van der Waals surface area contributed by atoms with E-state index in [9.17, 15) is 14.4 Å². The molecule has 0 aromatic heterocycles. The van der Waals surface area contributed by atoms with Gasteiger partial charge in [0.25, 0.3) is 0 Å². The van der Waals surface area contributed by atoms with Gasteiger partial charge in [0, 0.05) is 39.0 Å². The van der Waals surface area contributed by atoms with Gasteiger partial charge in [0.1, 0.15) is 18.7 Å². The van der Waals surface area contributed by atoms with Crippen molar-refractivity contribution in [2.45, 2.75) is 155 Å². The second-order valence-electron chi connectivity index (χ2n) is 11.4. The molecule has 0 amide bonds. The van der Waals surface area contributed by atoms with Crippen LogP contribution in [0.1, 0.15) is 149 Å². The predicted molar refractivity (Wildman–Crippen MR) is 168 cm³/mol. The highest BCUT2D eigenvalue weighted by atomic mass is 16.6. The smallest absolute Gasteiger partial charge is 0.306 e. The number of unbranched alkanes of at least 4 members (excludes halogenated alkanes) is 15. The lowest BCUT2D eigenvalue weighted by Crippen LogP contribution is -2.29. The van der Waals surface area contributed by atoms with Gasteiger partial charge < -0.3 is 28.7 Å². The first kappa shape index (κ1) is 39.7. The molecule has 41 heavy (non-hydrogen) atoms.